The summed E-state index contributed by atoms with van der Waals surface area (Å²) in [7, 11) is 1.58. The summed E-state index contributed by atoms with van der Waals surface area (Å²) in [6, 6.07) is 5.47. The van der Waals surface area contributed by atoms with Crippen molar-refractivity contribution in [2.75, 3.05) is 7.11 Å². The molecule has 0 aliphatic rings. The zero-order valence-electron chi connectivity index (χ0n) is 14.2. The van der Waals surface area contributed by atoms with Gasteiger partial charge in [0.15, 0.2) is 0 Å². The molecule has 6 nitrogen and oxygen atoms in total. The predicted octanol–water partition coefficient (Wildman–Crippen LogP) is 3.81. The number of ether oxygens (including phenoxy) is 2. The molecule has 0 saturated heterocycles. The van der Waals surface area contributed by atoms with E-state index in [0.717, 1.165) is 5.56 Å². The summed E-state index contributed by atoms with van der Waals surface area (Å²) in [5.74, 6) is -0.437. The van der Waals surface area contributed by atoms with Gasteiger partial charge in [-0.2, -0.15) is 0 Å². The van der Waals surface area contributed by atoms with Gasteiger partial charge < -0.3 is 0 Å². The van der Waals surface area contributed by atoms with E-state index in [1.807, 2.05) is 32.9 Å². The Morgan fingerprint density at radius 3 is 2.04 bits per heavy atom. The molecule has 0 bridgehead atoms. The van der Waals surface area contributed by atoms with Crippen LogP contribution in [0.3, 0.4) is 0 Å². The normalized spacial score (nSPS) is 12.6. The van der Waals surface area contributed by atoms with Crippen molar-refractivity contribution in [1.82, 2.24) is 0 Å². The minimum absolute atomic E-state index is 0.0748. The van der Waals surface area contributed by atoms with Crippen LogP contribution in [0, 0.1) is 3.57 Å². The molecule has 0 fully saturated rings. The fraction of sp³-hybridized carbons (Fsp3) is 0.500. The summed E-state index contributed by atoms with van der Waals surface area (Å²) >= 11 is -3.03. The van der Waals surface area contributed by atoms with Crippen molar-refractivity contribution >= 4 is 32.6 Å². The minimum atomic E-state index is -3.03. The van der Waals surface area contributed by atoms with Gasteiger partial charge in [-0.15, -0.1) is 0 Å². The standard InChI is InChI=1S/C16H23IO6/c1-10(2)21-15-9-7-8-14(11(3)20-6)16(15)17(22-12(4)18)23-13(5)19/h7-11H,1-6H3. The quantitative estimate of drug-likeness (QED) is 0.603. The molecule has 0 aliphatic carbocycles. The first-order valence-corrected chi connectivity index (χ1v) is 10.0. The van der Waals surface area contributed by atoms with Crippen molar-refractivity contribution in [2.45, 2.75) is 46.8 Å². The van der Waals surface area contributed by atoms with Crippen molar-refractivity contribution in [1.29, 1.82) is 0 Å². The number of rotatable bonds is 7. The Hall–Kier alpha value is -1.35. The van der Waals surface area contributed by atoms with Gasteiger partial charge in [-0.05, 0) is 0 Å². The molecule has 130 valence electrons. The van der Waals surface area contributed by atoms with Crippen molar-refractivity contribution in [3.05, 3.63) is 27.3 Å². The summed E-state index contributed by atoms with van der Waals surface area (Å²) < 4.78 is 22.5. The van der Waals surface area contributed by atoms with Crippen LogP contribution in [-0.2, 0) is 20.5 Å². The summed E-state index contributed by atoms with van der Waals surface area (Å²) in [4.78, 5) is 22.9. The summed E-state index contributed by atoms with van der Waals surface area (Å²) in [6.45, 7) is 8.24. The van der Waals surface area contributed by atoms with Gasteiger partial charge >= 0.3 is 145 Å². The van der Waals surface area contributed by atoms with Crippen LogP contribution in [0.2, 0.25) is 0 Å². The molecule has 1 unspecified atom stereocenters. The Kier molecular flexibility index (Phi) is 7.77. The van der Waals surface area contributed by atoms with Gasteiger partial charge in [0.1, 0.15) is 0 Å². The van der Waals surface area contributed by atoms with E-state index >= 15 is 0 Å². The molecule has 1 aromatic rings. The van der Waals surface area contributed by atoms with E-state index in [1.165, 1.54) is 13.8 Å². The molecule has 0 aliphatic heterocycles. The summed E-state index contributed by atoms with van der Waals surface area (Å²) in [5.41, 5.74) is 0.790. The zero-order chi connectivity index (χ0) is 17.6. The number of hydrogen-bond acceptors (Lipinski definition) is 6. The molecule has 0 saturated carbocycles. The van der Waals surface area contributed by atoms with Crippen LogP contribution in [0.4, 0.5) is 0 Å². The second-order valence-electron chi connectivity index (χ2n) is 5.06. The van der Waals surface area contributed by atoms with Crippen LogP contribution in [0.1, 0.15) is 46.3 Å². The Balaban J connectivity index is 3.44. The average molecular weight is 438 g/mol. The Bertz CT molecular complexity index is 542. The number of carbonyl (C=O) groups is 2. The average Bonchev–Trinajstić information content (AvgIpc) is 2.43. The van der Waals surface area contributed by atoms with E-state index in [0.29, 0.717) is 9.32 Å². The first-order valence-electron chi connectivity index (χ1n) is 7.16. The van der Waals surface area contributed by atoms with Gasteiger partial charge in [-0.3, -0.25) is 0 Å². The van der Waals surface area contributed by atoms with Crippen LogP contribution in [0.25, 0.3) is 0 Å². The molecule has 23 heavy (non-hydrogen) atoms. The number of methoxy groups -OCH3 is 1. The number of benzene rings is 1. The summed E-state index contributed by atoms with van der Waals surface area (Å²) in [5, 5.41) is 0. The van der Waals surface area contributed by atoms with Crippen molar-refractivity contribution < 1.29 is 25.2 Å². The number of carbonyl (C=O) groups excluding carboxylic acids is 2. The maximum atomic E-state index is 11.4. The number of halogens is 1. The predicted molar refractivity (Wildman–Crippen MR) is 93.9 cm³/mol. The Morgan fingerprint density at radius 2 is 1.61 bits per heavy atom. The van der Waals surface area contributed by atoms with Gasteiger partial charge in [0.25, 0.3) is 0 Å². The molecule has 1 atom stereocenters. The summed E-state index contributed by atoms with van der Waals surface area (Å²) in [6.07, 6.45) is -0.333. The van der Waals surface area contributed by atoms with Crippen molar-refractivity contribution in [2.24, 2.45) is 0 Å². The third-order valence-corrected chi connectivity index (χ3v) is 6.73. The zero-order valence-corrected chi connectivity index (χ0v) is 16.4. The Labute approximate surface area is 144 Å². The molecular formula is C16H23IO6. The first-order chi connectivity index (χ1) is 10.8. The van der Waals surface area contributed by atoms with E-state index in [2.05, 4.69) is 0 Å². The molecule has 0 aromatic heterocycles. The molecule has 0 amide bonds. The number of hydrogen-bond donors (Lipinski definition) is 0. The second-order valence-corrected chi connectivity index (χ2v) is 8.26. The SMILES string of the molecule is COC(C)c1cccc(OC(C)C)c1I(OC(C)=O)OC(C)=O. The van der Waals surface area contributed by atoms with Gasteiger partial charge in [0.2, 0.25) is 0 Å². The first kappa shape index (κ1) is 19.7. The molecule has 0 radical (unpaired) electrons. The van der Waals surface area contributed by atoms with Gasteiger partial charge in [0, 0.05) is 0 Å². The molecule has 7 heteroatoms. The van der Waals surface area contributed by atoms with Gasteiger partial charge in [-0.1, -0.05) is 0 Å². The fourth-order valence-corrected chi connectivity index (χ4v) is 5.29. The molecule has 0 N–H and O–H groups in total. The van der Waals surface area contributed by atoms with Gasteiger partial charge in [-0.25, -0.2) is 0 Å². The van der Waals surface area contributed by atoms with E-state index < -0.39 is 32.6 Å². The molecular weight excluding hydrogens is 415 g/mol. The van der Waals surface area contributed by atoms with Crippen LogP contribution >= 0.6 is 20.6 Å². The second kappa shape index (κ2) is 9.07. The van der Waals surface area contributed by atoms with Crippen LogP contribution in [0.15, 0.2) is 18.2 Å². The molecule has 1 aromatic carbocycles. The maximum absolute atomic E-state index is 11.4. The molecule has 0 heterocycles. The van der Waals surface area contributed by atoms with Crippen molar-refractivity contribution in [3.63, 3.8) is 0 Å². The molecule has 1 rings (SSSR count). The van der Waals surface area contributed by atoms with Crippen molar-refractivity contribution in [3.8, 4) is 5.75 Å². The third kappa shape index (κ3) is 5.98. The van der Waals surface area contributed by atoms with E-state index in [-0.39, 0.29) is 12.2 Å². The van der Waals surface area contributed by atoms with E-state index in [1.54, 1.807) is 13.2 Å². The van der Waals surface area contributed by atoms with Gasteiger partial charge in [0.05, 0.1) is 0 Å². The van der Waals surface area contributed by atoms with Crippen LogP contribution in [0.5, 0.6) is 5.75 Å². The third-order valence-electron chi connectivity index (χ3n) is 2.66. The Morgan fingerprint density at radius 1 is 1.04 bits per heavy atom. The topological polar surface area (TPSA) is 71.1 Å². The monoisotopic (exact) mass is 438 g/mol. The van der Waals surface area contributed by atoms with E-state index in [9.17, 15) is 9.59 Å². The van der Waals surface area contributed by atoms with E-state index in [4.69, 9.17) is 15.6 Å². The van der Waals surface area contributed by atoms with Crippen LogP contribution in [-0.4, -0.2) is 25.2 Å². The molecule has 0 spiro atoms. The fourth-order valence-electron chi connectivity index (χ4n) is 1.77. The van der Waals surface area contributed by atoms with Crippen LogP contribution < -0.4 is 4.74 Å².